The van der Waals surface area contributed by atoms with Crippen LogP contribution in [-0.4, -0.2) is 44.0 Å². The first-order valence-electron chi connectivity index (χ1n) is 7.65. The van der Waals surface area contributed by atoms with Gasteiger partial charge in [0.15, 0.2) is 0 Å². The summed E-state index contributed by atoms with van der Waals surface area (Å²) in [5.74, 6) is -0.735. The number of sulfonamides is 1. The summed E-state index contributed by atoms with van der Waals surface area (Å²) in [7, 11) is -3.50. The van der Waals surface area contributed by atoms with Gasteiger partial charge in [0.25, 0.3) is 11.8 Å². The Bertz CT molecular complexity index is 726. The minimum Gasteiger partial charge on any atom is -0.273 e. The number of nitrogens with one attached hydrogen (secondary N) is 1. The normalized spacial score (nSPS) is 14.7. The zero-order chi connectivity index (χ0) is 17.2. The maximum absolute atomic E-state index is 12.3. The number of carbonyl (C=O) groups is 2. The summed E-state index contributed by atoms with van der Waals surface area (Å²) in [4.78, 5) is 25.5. The van der Waals surface area contributed by atoms with Crippen molar-refractivity contribution >= 4 is 21.8 Å². The fraction of sp³-hybridized carbons (Fsp3) is 0.500. The Morgan fingerprint density at radius 2 is 1.78 bits per heavy atom. The molecule has 6 nitrogen and oxygen atoms in total. The van der Waals surface area contributed by atoms with E-state index in [0.717, 1.165) is 16.9 Å². The second-order valence-electron chi connectivity index (χ2n) is 6.21. The molecule has 1 N–H and O–H groups in total. The molecule has 0 aliphatic carbocycles. The summed E-state index contributed by atoms with van der Waals surface area (Å²) in [6, 6.07) is 5.03. The lowest BCUT2D eigenvalue weighted by Gasteiger charge is -2.14. The average molecular weight is 338 g/mol. The number of nitrogens with zero attached hydrogens (tertiary/aromatic N) is 1. The molecule has 2 rings (SSSR count). The highest BCUT2D eigenvalue weighted by molar-refractivity contribution is 7.89. The van der Waals surface area contributed by atoms with Crippen molar-refractivity contribution in [1.29, 1.82) is 0 Å². The summed E-state index contributed by atoms with van der Waals surface area (Å²) < 4.78 is 26.4. The van der Waals surface area contributed by atoms with E-state index < -0.39 is 21.8 Å². The van der Waals surface area contributed by atoms with Crippen molar-refractivity contribution in [3.8, 4) is 0 Å². The van der Waals surface area contributed by atoms with Crippen molar-refractivity contribution in [3.05, 3.63) is 34.9 Å². The summed E-state index contributed by atoms with van der Waals surface area (Å²) in [6.07, 6.45) is 0.742. The number of carbonyl (C=O) groups excluding carboxylic acids is 2. The predicted molar refractivity (Wildman–Crippen MR) is 87.8 cm³/mol. The van der Waals surface area contributed by atoms with Crippen molar-refractivity contribution in [2.45, 2.75) is 27.2 Å². The van der Waals surface area contributed by atoms with Crippen molar-refractivity contribution in [2.24, 2.45) is 5.92 Å². The minimum atomic E-state index is -3.50. The minimum absolute atomic E-state index is 0.137. The zero-order valence-corrected chi connectivity index (χ0v) is 14.4. The first-order chi connectivity index (χ1) is 10.7. The number of benzene rings is 1. The van der Waals surface area contributed by atoms with Gasteiger partial charge >= 0.3 is 0 Å². The van der Waals surface area contributed by atoms with Gasteiger partial charge in [0.1, 0.15) is 0 Å². The van der Waals surface area contributed by atoms with E-state index >= 15 is 0 Å². The van der Waals surface area contributed by atoms with Gasteiger partial charge in [-0.05, 0) is 31.4 Å². The number of amides is 2. The molecule has 7 heteroatoms. The highest BCUT2D eigenvalue weighted by Crippen LogP contribution is 2.23. The van der Waals surface area contributed by atoms with Gasteiger partial charge in [-0.3, -0.25) is 14.5 Å². The van der Waals surface area contributed by atoms with Gasteiger partial charge in [-0.2, -0.15) is 0 Å². The Labute approximate surface area is 136 Å². The molecular formula is C16H22N2O4S. The van der Waals surface area contributed by atoms with E-state index in [1.165, 1.54) is 0 Å². The number of aryl methyl sites for hydroxylation is 1. The van der Waals surface area contributed by atoms with Crippen LogP contribution < -0.4 is 4.72 Å². The third-order valence-electron chi connectivity index (χ3n) is 3.75. The predicted octanol–water partition coefficient (Wildman–Crippen LogP) is 1.56. The molecule has 0 unspecified atom stereocenters. The number of fused-ring (bicyclic) bond motifs is 1. The first-order valence-corrected chi connectivity index (χ1v) is 9.30. The molecule has 1 aromatic rings. The summed E-state index contributed by atoms with van der Waals surface area (Å²) in [5, 5.41) is 0. The average Bonchev–Trinajstić information content (AvgIpc) is 2.68. The summed E-state index contributed by atoms with van der Waals surface area (Å²) in [6.45, 7) is 6.08. The fourth-order valence-electron chi connectivity index (χ4n) is 2.39. The van der Waals surface area contributed by atoms with Gasteiger partial charge in [0.05, 0.1) is 16.9 Å². The Hall–Kier alpha value is -1.73. The van der Waals surface area contributed by atoms with Crippen LogP contribution in [0.25, 0.3) is 0 Å². The van der Waals surface area contributed by atoms with E-state index in [0.29, 0.717) is 23.6 Å². The topological polar surface area (TPSA) is 83.6 Å². The molecule has 2 amide bonds. The molecule has 0 saturated carbocycles. The monoisotopic (exact) mass is 338 g/mol. The van der Waals surface area contributed by atoms with E-state index in [4.69, 9.17) is 0 Å². The van der Waals surface area contributed by atoms with Crippen molar-refractivity contribution in [2.75, 3.05) is 18.8 Å². The molecule has 23 heavy (non-hydrogen) atoms. The van der Waals surface area contributed by atoms with Crippen LogP contribution in [-0.2, 0) is 10.0 Å². The molecule has 1 aliphatic heterocycles. The third kappa shape index (κ3) is 4.17. The molecule has 1 aromatic carbocycles. The second-order valence-corrected chi connectivity index (χ2v) is 8.13. The van der Waals surface area contributed by atoms with Crippen LogP contribution in [0.2, 0.25) is 0 Å². The van der Waals surface area contributed by atoms with E-state index in [2.05, 4.69) is 4.72 Å². The van der Waals surface area contributed by atoms with E-state index in [1.807, 2.05) is 20.8 Å². The third-order valence-corrected chi connectivity index (χ3v) is 5.12. The van der Waals surface area contributed by atoms with Gasteiger partial charge in [-0.25, -0.2) is 13.1 Å². The van der Waals surface area contributed by atoms with Gasteiger partial charge in [-0.1, -0.05) is 25.5 Å². The van der Waals surface area contributed by atoms with Gasteiger partial charge in [0.2, 0.25) is 10.0 Å². The molecule has 1 aliphatic rings. The van der Waals surface area contributed by atoms with Gasteiger partial charge in [-0.15, -0.1) is 0 Å². The number of hydrogen-bond acceptors (Lipinski definition) is 4. The highest BCUT2D eigenvalue weighted by atomic mass is 32.2. The van der Waals surface area contributed by atoms with Gasteiger partial charge < -0.3 is 0 Å². The molecular weight excluding hydrogens is 316 g/mol. The number of imide groups is 1. The van der Waals surface area contributed by atoms with Crippen LogP contribution >= 0.6 is 0 Å². The van der Waals surface area contributed by atoms with Crippen molar-refractivity contribution in [3.63, 3.8) is 0 Å². The van der Waals surface area contributed by atoms with Crippen LogP contribution in [0.3, 0.4) is 0 Å². The van der Waals surface area contributed by atoms with Crippen LogP contribution in [0.4, 0.5) is 0 Å². The second kappa shape index (κ2) is 6.80. The van der Waals surface area contributed by atoms with Crippen LogP contribution in [0.5, 0.6) is 0 Å². The van der Waals surface area contributed by atoms with Crippen molar-refractivity contribution in [1.82, 2.24) is 9.62 Å². The maximum atomic E-state index is 12.3. The number of rotatable bonds is 7. The molecule has 0 bridgehead atoms. The highest BCUT2D eigenvalue weighted by Gasteiger charge is 2.35. The van der Waals surface area contributed by atoms with E-state index in [9.17, 15) is 18.0 Å². The molecule has 0 radical (unpaired) electrons. The zero-order valence-electron chi connectivity index (χ0n) is 13.6. The molecule has 126 valence electrons. The van der Waals surface area contributed by atoms with E-state index in [1.54, 1.807) is 18.2 Å². The standard InChI is InChI=1S/C16H22N2O4S/c1-11(2)6-7-17-23(21,22)9-8-18-15(19)13-5-4-12(3)10-14(13)16(18)20/h4-5,10-11,17H,6-9H2,1-3H3. The Morgan fingerprint density at radius 1 is 1.13 bits per heavy atom. The Kier molecular flexibility index (Phi) is 5.21. The van der Waals surface area contributed by atoms with Crippen LogP contribution in [0.15, 0.2) is 18.2 Å². The fourth-order valence-corrected chi connectivity index (χ4v) is 3.39. The number of hydrogen-bond donors (Lipinski definition) is 1. The van der Waals surface area contributed by atoms with Crippen molar-refractivity contribution < 1.29 is 18.0 Å². The Morgan fingerprint density at radius 3 is 2.43 bits per heavy atom. The lowest BCUT2D eigenvalue weighted by molar-refractivity contribution is 0.0664. The summed E-state index contributed by atoms with van der Waals surface area (Å²) >= 11 is 0. The van der Waals surface area contributed by atoms with E-state index in [-0.39, 0.29) is 12.3 Å². The molecule has 0 fully saturated rings. The smallest absolute Gasteiger partial charge is 0.261 e. The lowest BCUT2D eigenvalue weighted by atomic mass is 10.1. The van der Waals surface area contributed by atoms with Gasteiger partial charge in [0, 0.05) is 13.1 Å². The molecule has 0 aromatic heterocycles. The quantitative estimate of drug-likeness (QED) is 0.765. The SMILES string of the molecule is Cc1ccc2c(c1)C(=O)N(CCS(=O)(=O)NCCC(C)C)C2=O. The summed E-state index contributed by atoms with van der Waals surface area (Å²) in [5.41, 5.74) is 1.57. The maximum Gasteiger partial charge on any atom is 0.261 e. The molecule has 1 heterocycles. The largest absolute Gasteiger partial charge is 0.273 e. The first kappa shape index (κ1) is 17.6. The van der Waals surface area contributed by atoms with Crippen LogP contribution in [0.1, 0.15) is 46.5 Å². The molecule has 0 spiro atoms. The molecule has 0 saturated heterocycles. The molecule has 0 atom stereocenters. The lowest BCUT2D eigenvalue weighted by Crippen LogP contribution is -2.38. The Balaban J connectivity index is 1.99. The van der Waals surface area contributed by atoms with Crippen LogP contribution in [0, 0.1) is 12.8 Å².